The van der Waals surface area contributed by atoms with Crippen molar-refractivity contribution in [1.29, 1.82) is 0 Å². The van der Waals surface area contributed by atoms with E-state index >= 15 is 0 Å². The third-order valence-corrected chi connectivity index (χ3v) is 10.0. The number of piperidine rings is 1. The van der Waals surface area contributed by atoms with Crippen LogP contribution in [-0.4, -0.2) is 67.7 Å². The molecule has 7 heteroatoms. The van der Waals surface area contributed by atoms with Gasteiger partial charge in [-0.15, -0.1) is 0 Å². The van der Waals surface area contributed by atoms with Crippen molar-refractivity contribution in [3.63, 3.8) is 0 Å². The first-order valence-corrected chi connectivity index (χ1v) is 13.0. The van der Waals surface area contributed by atoms with E-state index in [1.165, 1.54) is 37.8 Å². The second kappa shape index (κ2) is 7.66. The van der Waals surface area contributed by atoms with Crippen LogP contribution < -0.4 is 10.7 Å². The summed E-state index contributed by atoms with van der Waals surface area (Å²) in [5, 5.41) is 7.05. The van der Waals surface area contributed by atoms with Gasteiger partial charge in [0.2, 0.25) is 0 Å². The molecule has 3 heterocycles. The minimum atomic E-state index is -2.85. The molecule has 0 aromatic heterocycles. The molecule has 144 valence electrons. The summed E-state index contributed by atoms with van der Waals surface area (Å²) in [5.74, 6) is 2.74. The van der Waals surface area contributed by atoms with Crippen molar-refractivity contribution in [3.05, 3.63) is 0 Å². The molecule has 5 nitrogen and oxygen atoms in total. The molecular formula is C18H33N3O2S2. The molecule has 25 heavy (non-hydrogen) atoms. The number of sulfone groups is 1. The first kappa shape index (κ1) is 18.5. The van der Waals surface area contributed by atoms with E-state index in [-0.39, 0.29) is 5.25 Å². The molecule has 4 atom stereocenters. The van der Waals surface area contributed by atoms with Crippen molar-refractivity contribution in [1.82, 2.24) is 15.8 Å². The van der Waals surface area contributed by atoms with Crippen LogP contribution in [0, 0.1) is 11.8 Å². The van der Waals surface area contributed by atoms with E-state index in [9.17, 15) is 8.42 Å². The van der Waals surface area contributed by atoms with Crippen LogP contribution in [0.1, 0.15) is 44.9 Å². The SMILES string of the molecule is CS(=O)(=O)C1CCC(C2CNC3CNN(CC4CCCS4)C3C2)CC1. The third kappa shape index (κ3) is 4.21. The molecular weight excluding hydrogens is 354 g/mol. The van der Waals surface area contributed by atoms with Crippen LogP contribution in [0.2, 0.25) is 0 Å². The molecule has 1 saturated carbocycles. The van der Waals surface area contributed by atoms with Gasteiger partial charge in [0.15, 0.2) is 0 Å². The van der Waals surface area contributed by atoms with Gasteiger partial charge in [-0.05, 0) is 69.1 Å². The van der Waals surface area contributed by atoms with Gasteiger partial charge in [-0.2, -0.15) is 11.8 Å². The number of thioether (sulfide) groups is 1. The largest absolute Gasteiger partial charge is 0.311 e. The lowest BCUT2D eigenvalue weighted by Gasteiger charge is -2.41. The average Bonchev–Trinajstić information content (AvgIpc) is 3.24. The molecule has 4 rings (SSSR count). The topological polar surface area (TPSA) is 61.4 Å². The molecule has 2 N–H and O–H groups in total. The minimum absolute atomic E-state index is 0.0860. The molecule has 0 amide bonds. The van der Waals surface area contributed by atoms with Crippen LogP contribution in [0.15, 0.2) is 0 Å². The molecule has 1 aliphatic carbocycles. The monoisotopic (exact) mass is 387 g/mol. The predicted molar refractivity (Wildman–Crippen MR) is 104 cm³/mol. The number of fused-ring (bicyclic) bond motifs is 1. The molecule has 0 aromatic carbocycles. The van der Waals surface area contributed by atoms with E-state index in [0.717, 1.165) is 44.0 Å². The lowest BCUT2D eigenvalue weighted by atomic mass is 9.74. The van der Waals surface area contributed by atoms with Crippen LogP contribution >= 0.6 is 11.8 Å². The van der Waals surface area contributed by atoms with Crippen molar-refractivity contribution < 1.29 is 8.42 Å². The Labute approximate surface area is 156 Å². The lowest BCUT2D eigenvalue weighted by Crippen LogP contribution is -2.54. The van der Waals surface area contributed by atoms with Gasteiger partial charge in [-0.3, -0.25) is 5.43 Å². The van der Waals surface area contributed by atoms with Crippen LogP contribution in [-0.2, 0) is 9.84 Å². The van der Waals surface area contributed by atoms with Crippen molar-refractivity contribution in [2.75, 3.05) is 31.6 Å². The van der Waals surface area contributed by atoms with Crippen LogP contribution in [0.4, 0.5) is 0 Å². The minimum Gasteiger partial charge on any atom is -0.311 e. The molecule has 0 spiro atoms. The summed E-state index contributed by atoms with van der Waals surface area (Å²) in [4.78, 5) is 0. The van der Waals surface area contributed by atoms with E-state index in [1.807, 2.05) is 0 Å². The highest BCUT2D eigenvalue weighted by atomic mass is 32.2. The van der Waals surface area contributed by atoms with Crippen LogP contribution in [0.25, 0.3) is 0 Å². The van der Waals surface area contributed by atoms with Gasteiger partial charge < -0.3 is 5.32 Å². The first-order valence-electron chi connectivity index (χ1n) is 10.0. The maximum absolute atomic E-state index is 11.8. The Morgan fingerprint density at radius 3 is 2.56 bits per heavy atom. The summed E-state index contributed by atoms with van der Waals surface area (Å²) in [5.41, 5.74) is 3.65. The highest BCUT2D eigenvalue weighted by molar-refractivity contribution is 8.00. The van der Waals surface area contributed by atoms with E-state index < -0.39 is 9.84 Å². The van der Waals surface area contributed by atoms with Gasteiger partial charge >= 0.3 is 0 Å². The van der Waals surface area contributed by atoms with Crippen LogP contribution in [0.3, 0.4) is 0 Å². The van der Waals surface area contributed by atoms with Gasteiger partial charge in [0.05, 0.1) is 5.25 Å². The summed E-state index contributed by atoms with van der Waals surface area (Å²) >= 11 is 2.14. The number of hydrazine groups is 1. The Hall–Kier alpha value is 0.180. The second-order valence-corrected chi connectivity index (χ2v) is 12.3. The molecule has 3 aliphatic heterocycles. The smallest absolute Gasteiger partial charge is 0.150 e. The maximum atomic E-state index is 11.8. The molecule has 4 aliphatic rings. The van der Waals surface area contributed by atoms with Crippen molar-refractivity contribution >= 4 is 21.6 Å². The lowest BCUT2D eigenvalue weighted by molar-refractivity contribution is 0.102. The normalized spacial score (nSPS) is 43.2. The average molecular weight is 388 g/mol. The summed E-state index contributed by atoms with van der Waals surface area (Å²) in [7, 11) is -2.85. The summed E-state index contributed by atoms with van der Waals surface area (Å²) in [6.45, 7) is 3.36. The Kier molecular flexibility index (Phi) is 5.68. The zero-order chi connectivity index (χ0) is 17.4. The predicted octanol–water partition coefficient (Wildman–Crippen LogP) is 1.65. The van der Waals surface area contributed by atoms with Gasteiger partial charge in [-0.1, -0.05) is 0 Å². The number of hydrogen-bond acceptors (Lipinski definition) is 6. The summed E-state index contributed by atoms with van der Waals surface area (Å²) < 4.78 is 23.6. The third-order valence-electron chi connectivity index (χ3n) is 6.98. The fourth-order valence-corrected chi connectivity index (χ4v) is 7.83. The fourth-order valence-electron chi connectivity index (χ4n) is 5.44. The van der Waals surface area contributed by atoms with Gasteiger partial charge in [0.1, 0.15) is 9.84 Å². The number of hydrogen-bond donors (Lipinski definition) is 2. The Morgan fingerprint density at radius 1 is 1.08 bits per heavy atom. The summed E-state index contributed by atoms with van der Waals surface area (Å²) in [6, 6.07) is 1.21. The standard InChI is InChI=1S/C18H33N3O2S2/c1-25(22,23)16-6-4-13(5-7-16)14-9-18-17(19-10-14)11-20-21(18)12-15-3-2-8-24-15/h13-20H,2-12H2,1H3. The van der Waals surface area contributed by atoms with Gasteiger partial charge in [0, 0.05) is 36.7 Å². The van der Waals surface area contributed by atoms with Gasteiger partial charge in [-0.25, -0.2) is 13.4 Å². The zero-order valence-electron chi connectivity index (χ0n) is 15.3. The van der Waals surface area contributed by atoms with Gasteiger partial charge in [0.25, 0.3) is 0 Å². The zero-order valence-corrected chi connectivity index (χ0v) is 17.0. The maximum Gasteiger partial charge on any atom is 0.150 e. The molecule has 0 bridgehead atoms. The van der Waals surface area contributed by atoms with E-state index in [4.69, 9.17) is 0 Å². The number of rotatable bonds is 4. The molecule has 4 fully saturated rings. The first-order chi connectivity index (χ1) is 12.0. The second-order valence-electron chi connectivity index (χ2n) is 8.59. The highest BCUT2D eigenvalue weighted by Crippen LogP contribution is 2.38. The Morgan fingerprint density at radius 2 is 1.88 bits per heavy atom. The van der Waals surface area contributed by atoms with Crippen LogP contribution in [0.5, 0.6) is 0 Å². The Bertz CT molecular complexity index is 557. The fraction of sp³-hybridized carbons (Fsp3) is 1.00. The Balaban J connectivity index is 1.32. The van der Waals surface area contributed by atoms with E-state index in [2.05, 4.69) is 27.5 Å². The molecule has 4 unspecified atom stereocenters. The van der Waals surface area contributed by atoms with Crippen molar-refractivity contribution in [2.45, 2.75) is 67.5 Å². The number of nitrogens with one attached hydrogen (secondary N) is 2. The molecule has 0 aromatic rings. The number of nitrogens with zero attached hydrogens (tertiary/aromatic N) is 1. The quantitative estimate of drug-likeness (QED) is 0.765. The van der Waals surface area contributed by atoms with Crippen molar-refractivity contribution in [2.24, 2.45) is 11.8 Å². The van der Waals surface area contributed by atoms with E-state index in [0.29, 0.717) is 23.9 Å². The highest BCUT2D eigenvalue weighted by Gasteiger charge is 2.42. The molecule has 0 radical (unpaired) electrons. The molecule has 3 saturated heterocycles. The van der Waals surface area contributed by atoms with E-state index in [1.54, 1.807) is 0 Å². The summed E-state index contributed by atoms with van der Waals surface area (Å²) in [6.07, 6.45) is 9.35. The van der Waals surface area contributed by atoms with Crippen molar-refractivity contribution in [3.8, 4) is 0 Å².